The summed E-state index contributed by atoms with van der Waals surface area (Å²) in [4.78, 5) is 27.7. The van der Waals surface area contributed by atoms with Crippen LogP contribution in [0.1, 0.15) is 12.5 Å². The Bertz CT molecular complexity index is 1170. The van der Waals surface area contributed by atoms with Crippen molar-refractivity contribution in [2.45, 2.75) is 6.92 Å². The lowest BCUT2D eigenvalue weighted by molar-refractivity contribution is -0.120. The first-order valence-electron chi connectivity index (χ1n) is 10.0. The molecule has 0 spiro atoms. The van der Waals surface area contributed by atoms with Gasteiger partial charge in [0, 0.05) is 5.69 Å². The minimum Gasteiger partial charge on any atom is -0.497 e. The SMILES string of the molecule is CCOc1ccc(NC2=C(c3ccc(OC)cc3)C(=O)N(c3ccc(F)cc3)C2=O)cc1. The molecule has 0 fully saturated rings. The molecule has 162 valence electrons. The Labute approximate surface area is 184 Å². The normalized spacial score (nSPS) is 13.5. The van der Waals surface area contributed by atoms with E-state index in [1.165, 1.54) is 24.3 Å². The molecule has 0 saturated heterocycles. The van der Waals surface area contributed by atoms with E-state index in [0.717, 1.165) is 4.90 Å². The highest BCUT2D eigenvalue weighted by atomic mass is 19.1. The first-order valence-corrected chi connectivity index (χ1v) is 10.0. The number of rotatable bonds is 7. The largest absolute Gasteiger partial charge is 0.497 e. The van der Waals surface area contributed by atoms with Gasteiger partial charge in [-0.25, -0.2) is 9.29 Å². The Morgan fingerprint density at radius 1 is 0.844 bits per heavy atom. The number of nitrogens with zero attached hydrogens (tertiary/aromatic N) is 1. The lowest BCUT2D eigenvalue weighted by Crippen LogP contribution is -2.32. The van der Waals surface area contributed by atoms with E-state index >= 15 is 0 Å². The minimum atomic E-state index is -0.527. The molecule has 1 N–H and O–H groups in total. The summed E-state index contributed by atoms with van der Waals surface area (Å²) in [7, 11) is 1.55. The zero-order chi connectivity index (χ0) is 22.7. The van der Waals surface area contributed by atoms with Crippen LogP contribution in [-0.4, -0.2) is 25.5 Å². The number of anilines is 2. The van der Waals surface area contributed by atoms with E-state index in [0.29, 0.717) is 29.4 Å². The van der Waals surface area contributed by atoms with Crippen LogP contribution in [0.25, 0.3) is 5.57 Å². The van der Waals surface area contributed by atoms with E-state index in [1.807, 2.05) is 6.92 Å². The number of benzene rings is 3. The Hall–Kier alpha value is -4.13. The fourth-order valence-electron chi connectivity index (χ4n) is 3.44. The van der Waals surface area contributed by atoms with Crippen LogP contribution in [0.3, 0.4) is 0 Å². The van der Waals surface area contributed by atoms with E-state index < -0.39 is 17.6 Å². The van der Waals surface area contributed by atoms with Crippen molar-refractivity contribution >= 4 is 28.8 Å². The fourth-order valence-corrected chi connectivity index (χ4v) is 3.44. The van der Waals surface area contributed by atoms with Crippen molar-refractivity contribution in [3.05, 3.63) is 89.9 Å². The van der Waals surface area contributed by atoms with Gasteiger partial charge in [0.15, 0.2) is 0 Å². The van der Waals surface area contributed by atoms with E-state index in [9.17, 15) is 14.0 Å². The fraction of sp³-hybridized carbons (Fsp3) is 0.120. The summed E-state index contributed by atoms with van der Waals surface area (Å²) in [5.74, 6) is -0.155. The molecule has 4 rings (SSSR count). The molecule has 3 aromatic rings. The maximum atomic E-state index is 13.4. The third-order valence-corrected chi connectivity index (χ3v) is 4.98. The van der Waals surface area contributed by atoms with Gasteiger partial charge in [-0.2, -0.15) is 0 Å². The van der Waals surface area contributed by atoms with Gasteiger partial charge in [0.25, 0.3) is 11.8 Å². The van der Waals surface area contributed by atoms with Gasteiger partial charge in [-0.3, -0.25) is 9.59 Å². The second-order valence-corrected chi connectivity index (χ2v) is 6.98. The third-order valence-electron chi connectivity index (χ3n) is 4.98. The monoisotopic (exact) mass is 432 g/mol. The molecule has 6 nitrogen and oxygen atoms in total. The lowest BCUT2D eigenvalue weighted by atomic mass is 10.0. The molecule has 0 radical (unpaired) electrons. The van der Waals surface area contributed by atoms with Crippen LogP contribution in [0, 0.1) is 5.82 Å². The average molecular weight is 432 g/mol. The predicted molar refractivity (Wildman–Crippen MR) is 120 cm³/mol. The molecule has 7 heteroatoms. The molecule has 0 unspecified atom stereocenters. The topological polar surface area (TPSA) is 67.9 Å². The number of ether oxygens (including phenoxy) is 2. The Kier molecular flexibility index (Phi) is 5.89. The number of halogens is 1. The summed E-state index contributed by atoms with van der Waals surface area (Å²) < 4.78 is 24.0. The van der Waals surface area contributed by atoms with Crippen LogP contribution < -0.4 is 19.7 Å². The van der Waals surface area contributed by atoms with E-state index in [2.05, 4.69) is 5.32 Å². The standard InChI is InChI=1S/C25H21FN2O4/c1-3-32-21-14-8-18(9-15-21)27-23-22(16-4-12-20(31-2)13-5-16)24(29)28(25(23)30)19-10-6-17(26)7-11-19/h4-15,27H,3H2,1-2H3. The number of carbonyl (C=O) groups is 2. The van der Waals surface area contributed by atoms with Crippen molar-refractivity contribution in [3.8, 4) is 11.5 Å². The van der Waals surface area contributed by atoms with Crippen molar-refractivity contribution in [2.75, 3.05) is 23.9 Å². The summed E-state index contributed by atoms with van der Waals surface area (Å²) in [6, 6.07) is 19.2. The van der Waals surface area contributed by atoms with Crippen molar-refractivity contribution < 1.29 is 23.5 Å². The molecule has 1 heterocycles. The molecule has 0 bridgehead atoms. The molecule has 0 aromatic heterocycles. The number of nitrogens with one attached hydrogen (secondary N) is 1. The molecule has 1 aliphatic rings. The van der Waals surface area contributed by atoms with Crippen molar-refractivity contribution in [1.82, 2.24) is 0 Å². The number of methoxy groups -OCH3 is 1. The van der Waals surface area contributed by atoms with Gasteiger partial charge >= 0.3 is 0 Å². The highest BCUT2D eigenvalue weighted by molar-refractivity contribution is 6.46. The second kappa shape index (κ2) is 8.93. The maximum absolute atomic E-state index is 13.4. The quantitative estimate of drug-likeness (QED) is 0.552. The molecule has 0 atom stereocenters. The van der Waals surface area contributed by atoms with Gasteiger partial charge in [-0.05, 0) is 73.2 Å². The van der Waals surface area contributed by atoms with Gasteiger partial charge in [-0.1, -0.05) is 12.1 Å². The van der Waals surface area contributed by atoms with E-state index in [1.54, 1.807) is 55.6 Å². The molecular weight excluding hydrogens is 411 g/mol. The summed E-state index contributed by atoms with van der Waals surface area (Å²) in [5, 5.41) is 3.09. The number of carbonyl (C=O) groups excluding carboxylic acids is 2. The van der Waals surface area contributed by atoms with Gasteiger partial charge in [0.1, 0.15) is 23.0 Å². The van der Waals surface area contributed by atoms with Crippen molar-refractivity contribution in [1.29, 1.82) is 0 Å². The van der Waals surface area contributed by atoms with Crippen LogP contribution in [0.2, 0.25) is 0 Å². The second-order valence-electron chi connectivity index (χ2n) is 6.98. The van der Waals surface area contributed by atoms with Crippen LogP contribution in [0.5, 0.6) is 11.5 Å². The number of hydrogen-bond donors (Lipinski definition) is 1. The highest BCUT2D eigenvalue weighted by Gasteiger charge is 2.40. The number of amides is 2. The van der Waals surface area contributed by atoms with Crippen LogP contribution in [0.15, 0.2) is 78.5 Å². The van der Waals surface area contributed by atoms with E-state index in [-0.39, 0.29) is 17.0 Å². The van der Waals surface area contributed by atoms with Gasteiger partial charge in [0.2, 0.25) is 0 Å². The van der Waals surface area contributed by atoms with E-state index in [4.69, 9.17) is 9.47 Å². The maximum Gasteiger partial charge on any atom is 0.282 e. The van der Waals surface area contributed by atoms with Crippen LogP contribution in [-0.2, 0) is 9.59 Å². The smallest absolute Gasteiger partial charge is 0.282 e. The molecule has 0 aliphatic carbocycles. The third kappa shape index (κ3) is 4.05. The minimum absolute atomic E-state index is 0.133. The summed E-state index contributed by atoms with van der Waals surface area (Å²) in [6.07, 6.45) is 0. The van der Waals surface area contributed by atoms with Crippen molar-refractivity contribution in [2.24, 2.45) is 0 Å². The number of imide groups is 1. The van der Waals surface area contributed by atoms with Gasteiger partial charge < -0.3 is 14.8 Å². The summed E-state index contributed by atoms with van der Waals surface area (Å²) in [6.45, 7) is 2.43. The predicted octanol–water partition coefficient (Wildman–Crippen LogP) is 4.63. The zero-order valence-electron chi connectivity index (χ0n) is 17.6. The Morgan fingerprint density at radius 2 is 1.47 bits per heavy atom. The van der Waals surface area contributed by atoms with Gasteiger partial charge in [0.05, 0.1) is 25.0 Å². The highest BCUT2D eigenvalue weighted by Crippen LogP contribution is 2.34. The molecular formula is C25H21FN2O4. The first kappa shape index (κ1) is 21.1. The molecule has 3 aromatic carbocycles. The molecule has 2 amide bonds. The Morgan fingerprint density at radius 3 is 2.06 bits per heavy atom. The summed E-state index contributed by atoms with van der Waals surface area (Å²) in [5.41, 5.74) is 1.82. The summed E-state index contributed by atoms with van der Waals surface area (Å²) >= 11 is 0. The number of hydrogen-bond acceptors (Lipinski definition) is 5. The van der Waals surface area contributed by atoms with Gasteiger partial charge in [-0.15, -0.1) is 0 Å². The lowest BCUT2D eigenvalue weighted by Gasteiger charge is -2.15. The first-order chi connectivity index (χ1) is 15.5. The Balaban J connectivity index is 1.75. The molecule has 1 aliphatic heterocycles. The van der Waals surface area contributed by atoms with Crippen LogP contribution >= 0.6 is 0 Å². The zero-order valence-corrected chi connectivity index (χ0v) is 17.6. The van der Waals surface area contributed by atoms with Crippen molar-refractivity contribution in [3.63, 3.8) is 0 Å². The van der Waals surface area contributed by atoms with Crippen LogP contribution in [0.4, 0.5) is 15.8 Å². The molecule has 0 saturated carbocycles. The molecule has 32 heavy (non-hydrogen) atoms. The average Bonchev–Trinajstić information content (AvgIpc) is 3.05.